The van der Waals surface area contributed by atoms with Gasteiger partial charge >= 0.3 is 6.03 Å². The molecule has 0 saturated heterocycles. The molecular weight excluding hydrogens is 233 g/mol. The van der Waals surface area contributed by atoms with Crippen LogP contribution < -0.4 is 10.6 Å². The maximum Gasteiger partial charge on any atom is 0.319 e. The lowest BCUT2D eigenvalue weighted by Gasteiger charge is -2.09. The molecule has 0 spiro atoms. The Morgan fingerprint density at radius 3 is 2.83 bits per heavy atom. The van der Waals surface area contributed by atoms with Crippen LogP contribution in [-0.4, -0.2) is 12.6 Å². The number of urea groups is 1. The van der Waals surface area contributed by atoms with Crippen LogP contribution in [0.2, 0.25) is 0 Å². The Morgan fingerprint density at radius 1 is 1.50 bits per heavy atom. The molecule has 0 unspecified atom stereocenters. The molecule has 0 aliphatic carbocycles. The van der Waals surface area contributed by atoms with Gasteiger partial charge in [0.05, 0.1) is 11.3 Å². The van der Waals surface area contributed by atoms with Crippen molar-refractivity contribution in [2.24, 2.45) is 5.92 Å². The summed E-state index contributed by atoms with van der Waals surface area (Å²) in [7, 11) is 0. The van der Waals surface area contributed by atoms with Gasteiger partial charge in [-0.25, -0.2) is 9.18 Å². The highest BCUT2D eigenvalue weighted by molar-refractivity contribution is 5.90. The highest BCUT2D eigenvalue weighted by Gasteiger charge is 2.07. The summed E-state index contributed by atoms with van der Waals surface area (Å²) in [5.74, 6) is 0.00288. The molecule has 2 N–H and O–H groups in total. The molecule has 1 aromatic rings. The van der Waals surface area contributed by atoms with E-state index in [1.165, 1.54) is 12.1 Å². The molecule has 0 aliphatic rings. The third-order valence-electron chi connectivity index (χ3n) is 2.36. The maximum absolute atomic E-state index is 12.9. The van der Waals surface area contributed by atoms with Crippen molar-refractivity contribution < 1.29 is 9.18 Å². The molecule has 5 heteroatoms. The van der Waals surface area contributed by atoms with Gasteiger partial charge in [0.2, 0.25) is 0 Å². The molecule has 0 aliphatic heterocycles. The molecular formula is C13H16FN3O. The van der Waals surface area contributed by atoms with Gasteiger partial charge in [-0.2, -0.15) is 5.26 Å². The summed E-state index contributed by atoms with van der Waals surface area (Å²) in [6.07, 6.45) is 0.877. The molecule has 18 heavy (non-hydrogen) atoms. The lowest BCUT2D eigenvalue weighted by atomic mass is 10.1. The van der Waals surface area contributed by atoms with Crippen molar-refractivity contribution in [3.8, 4) is 6.07 Å². The number of benzene rings is 1. The fourth-order valence-corrected chi connectivity index (χ4v) is 1.36. The lowest BCUT2D eigenvalue weighted by molar-refractivity contribution is 0.251. The number of amides is 2. The predicted octanol–water partition coefficient (Wildman–Crippen LogP) is 2.86. The topological polar surface area (TPSA) is 64.9 Å². The summed E-state index contributed by atoms with van der Waals surface area (Å²) >= 11 is 0. The van der Waals surface area contributed by atoms with Gasteiger partial charge in [-0.05, 0) is 30.5 Å². The summed E-state index contributed by atoms with van der Waals surface area (Å²) in [4.78, 5) is 11.5. The standard InChI is InChI=1S/C13H16FN3O/c1-9(2)5-6-16-13(18)17-12-4-3-11(14)7-10(12)8-15/h3-4,7,9H,5-6H2,1-2H3,(H2,16,17,18). The predicted molar refractivity (Wildman–Crippen MR) is 67.6 cm³/mol. The van der Waals surface area contributed by atoms with Crippen LogP contribution in [0.4, 0.5) is 14.9 Å². The van der Waals surface area contributed by atoms with Crippen molar-refractivity contribution in [3.05, 3.63) is 29.6 Å². The van der Waals surface area contributed by atoms with Gasteiger partial charge < -0.3 is 10.6 Å². The second-order valence-electron chi connectivity index (χ2n) is 4.37. The summed E-state index contributed by atoms with van der Waals surface area (Å²) < 4.78 is 12.9. The summed E-state index contributed by atoms with van der Waals surface area (Å²) in [6, 6.07) is 5.10. The van der Waals surface area contributed by atoms with E-state index in [0.717, 1.165) is 12.5 Å². The fourth-order valence-electron chi connectivity index (χ4n) is 1.36. The number of carbonyl (C=O) groups is 1. The number of halogens is 1. The summed E-state index contributed by atoms with van der Waals surface area (Å²) in [5.41, 5.74) is 0.412. The first kappa shape index (κ1) is 14.0. The van der Waals surface area contributed by atoms with Crippen molar-refractivity contribution in [2.75, 3.05) is 11.9 Å². The van der Waals surface area contributed by atoms with Crippen LogP contribution in [0.1, 0.15) is 25.8 Å². The Bertz CT molecular complexity index is 466. The summed E-state index contributed by atoms with van der Waals surface area (Å²) in [6.45, 7) is 4.69. The number of carbonyl (C=O) groups excluding carboxylic acids is 1. The SMILES string of the molecule is CC(C)CCNC(=O)Nc1ccc(F)cc1C#N. The maximum atomic E-state index is 12.9. The Kier molecular flexibility index (Phi) is 5.12. The van der Waals surface area contributed by atoms with Crippen molar-refractivity contribution in [3.63, 3.8) is 0 Å². The zero-order valence-electron chi connectivity index (χ0n) is 10.5. The van der Waals surface area contributed by atoms with Crippen LogP contribution in [0.25, 0.3) is 0 Å². The Morgan fingerprint density at radius 2 is 2.22 bits per heavy atom. The highest BCUT2D eigenvalue weighted by atomic mass is 19.1. The van der Waals surface area contributed by atoms with Crippen molar-refractivity contribution in [1.82, 2.24) is 5.32 Å². The second kappa shape index (κ2) is 6.60. The second-order valence-corrected chi connectivity index (χ2v) is 4.37. The number of hydrogen-bond acceptors (Lipinski definition) is 2. The Labute approximate surface area is 106 Å². The van der Waals surface area contributed by atoms with E-state index in [9.17, 15) is 9.18 Å². The first-order valence-corrected chi connectivity index (χ1v) is 5.77. The van der Waals surface area contributed by atoms with Gasteiger partial charge in [0.15, 0.2) is 0 Å². The van der Waals surface area contributed by atoms with E-state index in [0.29, 0.717) is 18.2 Å². The van der Waals surface area contributed by atoms with Gasteiger partial charge in [-0.15, -0.1) is 0 Å². The van der Waals surface area contributed by atoms with Gasteiger partial charge in [0, 0.05) is 6.54 Å². The minimum Gasteiger partial charge on any atom is -0.338 e. The van der Waals surface area contributed by atoms with E-state index < -0.39 is 11.8 Å². The first-order chi connectivity index (χ1) is 8.52. The number of rotatable bonds is 4. The highest BCUT2D eigenvalue weighted by Crippen LogP contribution is 2.15. The van der Waals surface area contributed by atoms with Crippen LogP contribution in [0.5, 0.6) is 0 Å². The number of nitrogens with zero attached hydrogens (tertiary/aromatic N) is 1. The van der Waals surface area contributed by atoms with E-state index in [4.69, 9.17) is 5.26 Å². The zero-order chi connectivity index (χ0) is 13.5. The Hall–Kier alpha value is -2.09. The number of nitriles is 1. The smallest absolute Gasteiger partial charge is 0.319 e. The van der Waals surface area contributed by atoms with Gasteiger partial charge in [-0.3, -0.25) is 0 Å². The van der Waals surface area contributed by atoms with E-state index in [1.807, 2.05) is 6.07 Å². The minimum atomic E-state index is -0.502. The third-order valence-corrected chi connectivity index (χ3v) is 2.36. The molecule has 0 bridgehead atoms. The van der Waals surface area contributed by atoms with Crippen molar-refractivity contribution in [1.29, 1.82) is 5.26 Å². The quantitative estimate of drug-likeness (QED) is 0.861. The Balaban J connectivity index is 2.57. The molecule has 1 aromatic carbocycles. The molecule has 0 aromatic heterocycles. The molecule has 0 radical (unpaired) electrons. The third kappa shape index (κ3) is 4.42. The van der Waals surface area contributed by atoms with E-state index in [-0.39, 0.29) is 5.56 Å². The zero-order valence-corrected chi connectivity index (χ0v) is 10.5. The van der Waals surface area contributed by atoms with Crippen LogP contribution in [0, 0.1) is 23.1 Å². The number of anilines is 1. The molecule has 96 valence electrons. The van der Waals surface area contributed by atoms with Crippen LogP contribution >= 0.6 is 0 Å². The monoisotopic (exact) mass is 249 g/mol. The molecule has 0 fully saturated rings. The number of nitrogens with one attached hydrogen (secondary N) is 2. The fraction of sp³-hybridized carbons (Fsp3) is 0.385. The molecule has 4 nitrogen and oxygen atoms in total. The van der Waals surface area contributed by atoms with Gasteiger partial charge in [0.1, 0.15) is 11.9 Å². The first-order valence-electron chi connectivity index (χ1n) is 5.77. The molecule has 2 amide bonds. The lowest BCUT2D eigenvalue weighted by Crippen LogP contribution is -2.30. The van der Waals surface area contributed by atoms with Crippen molar-refractivity contribution >= 4 is 11.7 Å². The molecule has 1 rings (SSSR count). The molecule has 0 heterocycles. The number of hydrogen-bond donors (Lipinski definition) is 2. The van der Waals surface area contributed by atoms with Gasteiger partial charge in [-0.1, -0.05) is 13.8 Å². The van der Waals surface area contributed by atoms with Crippen molar-refractivity contribution in [2.45, 2.75) is 20.3 Å². The average molecular weight is 249 g/mol. The molecule has 0 atom stereocenters. The minimum absolute atomic E-state index is 0.106. The van der Waals surface area contributed by atoms with Gasteiger partial charge in [0.25, 0.3) is 0 Å². The summed E-state index contributed by atoms with van der Waals surface area (Å²) in [5, 5.41) is 14.0. The van der Waals surface area contributed by atoms with Crippen LogP contribution in [0.3, 0.4) is 0 Å². The van der Waals surface area contributed by atoms with Crippen LogP contribution in [0.15, 0.2) is 18.2 Å². The molecule has 0 saturated carbocycles. The van der Waals surface area contributed by atoms with Crippen LogP contribution in [-0.2, 0) is 0 Å². The normalized spacial score (nSPS) is 9.94. The van der Waals surface area contributed by atoms with E-state index in [2.05, 4.69) is 24.5 Å². The largest absolute Gasteiger partial charge is 0.338 e. The van der Waals surface area contributed by atoms with E-state index >= 15 is 0 Å². The average Bonchev–Trinajstić information content (AvgIpc) is 2.31. The van der Waals surface area contributed by atoms with E-state index in [1.54, 1.807) is 0 Å².